The number of aliphatic carboxylic acids is 1. The lowest BCUT2D eigenvalue weighted by Gasteiger charge is -2.03. The molecule has 58 valence electrons. The number of carboxylic acids is 1. The molecule has 1 aromatic rings. The molecular formula is C8H8O3. The number of aliphatic hydroxyl groups is 1. The van der Waals surface area contributed by atoms with Crippen molar-refractivity contribution in [2.75, 3.05) is 0 Å². The number of hydrogen-bond acceptors (Lipinski definition) is 3. The fourth-order valence-corrected chi connectivity index (χ4v) is 0.771. The molecular weight excluding hydrogens is 144 g/mol. The molecule has 0 saturated heterocycles. The second-order valence-corrected chi connectivity index (χ2v) is 2.13. The first-order valence-electron chi connectivity index (χ1n) is 3.56. The highest BCUT2D eigenvalue weighted by Gasteiger charge is 2.14. The predicted octanol–water partition coefficient (Wildman–Crippen LogP) is 0.805. The van der Waals surface area contributed by atoms with Crippen molar-refractivity contribution in [2.24, 2.45) is 0 Å². The average molecular weight is 153 g/mol. The smallest absolute Gasteiger partial charge is 0.337 e. The molecule has 0 aliphatic heterocycles. The van der Waals surface area contributed by atoms with Crippen molar-refractivity contribution in [3.63, 3.8) is 0 Å². The topological polar surface area (TPSA) is 57.5 Å². The van der Waals surface area contributed by atoms with Crippen LogP contribution >= 0.6 is 0 Å². The van der Waals surface area contributed by atoms with Crippen LogP contribution in [0.5, 0.6) is 0 Å². The molecule has 0 bridgehead atoms. The number of carboxylic acid groups (broad SMARTS) is 1. The van der Waals surface area contributed by atoms with E-state index in [0.717, 1.165) is 0 Å². The van der Waals surface area contributed by atoms with Crippen LogP contribution in [-0.2, 0) is 4.79 Å². The molecule has 11 heavy (non-hydrogen) atoms. The lowest BCUT2D eigenvalue weighted by molar-refractivity contribution is -0.146. The second kappa shape index (κ2) is 3.16. The Morgan fingerprint density at radius 2 is 2.09 bits per heavy atom. The molecule has 0 aliphatic carbocycles. The molecule has 0 spiro atoms. The van der Waals surface area contributed by atoms with Gasteiger partial charge in [0.25, 0.3) is 1.43 Å². The van der Waals surface area contributed by atoms with Crippen LogP contribution in [0.3, 0.4) is 0 Å². The van der Waals surface area contributed by atoms with Gasteiger partial charge in [0.15, 0.2) is 6.10 Å². The Bertz CT molecular complexity index is 260. The molecule has 0 aromatic heterocycles. The van der Waals surface area contributed by atoms with E-state index in [1.807, 2.05) is 0 Å². The van der Waals surface area contributed by atoms with Gasteiger partial charge in [-0.25, -0.2) is 4.79 Å². The summed E-state index contributed by atoms with van der Waals surface area (Å²) in [7, 11) is 0. The summed E-state index contributed by atoms with van der Waals surface area (Å²) in [6, 6.07) is 8.32. The van der Waals surface area contributed by atoms with Gasteiger partial charge in [0.2, 0.25) is 0 Å². The Labute approximate surface area is 65.4 Å². The zero-order chi connectivity index (χ0) is 8.97. The minimum atomic E-state index is -1.36. The van der Waals surface area contributed by atoms with Crippen LogP contribution in [0.2, 0.25) is 0 Å². The zero-order valence-corrected chi connectivity index (χ0v) is 5.73. The van der Waals surface area contributed by atoms with Gasteiger partial charge in [0.05, 0.1) is 0 Å². The van der Waals surface area contributed by atoms with Gasteiger partial charge in [0.1, 0.15) is 0 Å². The molecule has 1 rings (SSSR count). The van der Waals surface area contributed by atoms with E-state index >= 15 is 0 Å². The first-order valence-corrected chi connectivity index (χ1v) is 3.15. The average Bonchev–Trinajstić information content (AvgIpc) is 2.17. The Hall–Kier alpha value is -1.35. The summed E-state index contributed by atoms with van der Waals surface area (Å²) in [5.74, 6) is -0.971. The SMILES string of the molecule is [2H]OC(=O)C(O)c1ccccc1. The number of benzene rings is 1. The standard InChI is InChI=1S/C8H8O3/c9-7(8(10)11)6-4-2-1-3-5-6/h1-5,7,9H,(H,10,11)/i/hD. The molecule has 1 unspecified atom stereocenters. The van der Waals surface area contributed by atoms with Crippen LogP contribution in [0.15, 0.2) is 30.3 Å². The van der Waals surface area contributed by atoms with E-state index in [1.54, 1.807) is 30.3 Å². The predicted molar refractivity (Wildman–Crippen MR) is 39.0 cm³/mol. The summed E-state index contributed by atoms with van der Waals surface area (Å²) in [6.07, 6.45) is -1.36. The van der Waals surface area contributed by atoms with E-state index < -0.39 is 12.1 Å². The first-order chi connectivity index (χ1) is 5.75. The van der Waals surface area contributed by atoms with Gasteiger partial charge in [-0.05, 0) is 5.56 Å². The zero-order valence-electron chi connectivity index (χ0n) is 6.73. The van der Waals surface area contributed by atoms with Crippen LogP contribution in [0.25, 0.3) is 1.43 Å². The highest BCUT2D eigenvalue weighted by atomic mass is 16.4. The third-order valence-electron chi connectivity index (χ3n) is 1.34. The molecule has 0 amide bonds. The van der Waals surface area contributed by atoms with Crippen LogP contribution in [0.1, 0.15) is 11.7 Å². The van der Waals surface area contributed by atoms with Crippen molar-refractivity contribution >= 4 is 5.97 Å². The summed E-state index contributed by atoms with van der Waals surface area (Å²) in [4.78, 5) is 10.7. The van der Waals surface area contributed by atoms with Crippen molar-refractivity contribution in [2.45, 2.75) is 6.10 Å². The molecule has 0 fully saturated rings. The highest BCUT2D eigenvalue weighted by Crippen LogP contribution is 2.10. The number of hydrogen-bond donors (Lipinski definition) is 2. The van der Waals surface area contributed by atoms with E-state index in [0.29, 0.717) is 5.56 Å². The largest absolute Gasteiger partial charge is 0.479 e. The van der Waals surface area contributed by atoms with Crippen molar-refractivity contribution in [1.82, 2.24) is 0 Å². The Morgan fingerprint density at radius 3 is 2.64 bits per heavy atom. The monoisotopic (exact) mass is 153 g/mol. The fraction of sp³-hybridized carbons (Fsp3) is 0.125. The number of rotatable bonds is 2. The lowest BCUT2D eigenvalue weighted by Crippen LogP contribution is -2.09. The molecule has 0 aliphatic rings. The van der Waals surface area contributed by atoms with Crippen molar-refractivity contribution in [3.8, 4) is 0 Å². The maximum absolute atomic E-state index is 10.7. The van der Waals surface area contributed by atoms with Crippen molar-refractivity contribution in [1.29, 1.82) is 1.43 Å². The highest BCUT2D eigenvalue weighted by molar-refractivity contribution is 5.73. The summed E-state index contributed by atoms with van der Waals surface area (Å²) in [5.41, 5.74) is 0.426. The van der Waals surface area contributed by atoms with Gasteiger partial charge in [0, 0.05) is 0 Å². The molecule has 0 heterocycles. The Kier molecular flexibility index (Phi) is 1.83. The third-order valence-corrected chi connectivity index (χ3v) is 1.34. The van der Waals surface area contributed by atoms with Gasteiger partial charge in [-0.15, -0.1) is 0 Å². The molecule has 2 N–H and O–H groups in total. The Balaban J connectivity index is 2.78. The maximum atomic E-state index is 10.7. The van der Waals surface area contributed by atoms with Crippen molar-refractivity contribution < 1.29 is 15.0 Å². The maximum Gasteiger partial charge on any atom is 0.337 e. The van der Waals surface area contributed by atoms with Gasteiger partial charge >= 0.3 is 5.97 Å². The van der Waals surface area contributed by atoms with E-state index in [-0.39, 0.29) is 0 Å². The van der Waals surface area contributed by atoms with E-state index in [2.05, 4.69) is 5.11 Å². The summed E-state index contributed by atoms with van der Waals surface area (Å²) in [5, 5.41) is 12.8. The molecule has 1 atom stereocenters. The first kappa shape index (κ1) is 6.37. The molecule has 3 nitrogen and oxygen atoms in total. The molecule has 0 radical (unpaired) electrons. The van der Waals surface area contributed by atoms with Gasteiger partial charge < -0.3 is 10.2 Å². The molecule has 1 aromatic carbocycles. The van der Waals surface area contributed by atoms with Gasteiger partial charge in [-0.2, -0.15) is 0 Å². The van der Waals surface area contributed by atoms with Crippen LogP contribution < -0.4 is 0 Å². The summed E-state index contributed by atoms with van der Waals surface area (Å²) < 4.78 is 6.28. The summed E-state index contributed by atoms with van der Waals surface area (Å²) >= 11 is 0. The minimum Gasteiger partial charge on any atom is -0.479 e. The van der Waals surface area contributed by atoms with Crippen molar-refractivity contribution in [3.05, 3.63) is 35.9 Å². The van der Waals surface area contributed by atoms with E-state index in [9.17, 15) is 9.90 Å². The minimum absolute atomic E-state index is 0.426. The van der Waals surface area contributed by atoms with Crippen LogP contribution in [-0.4, -0.2) is 16.2 Å². The Morgan fingerprint density at radius 1 is 1.45 bits per heavy atom. The summed E-state index contributed by atoms with van der Waals surface area (Å²) in [6.45, 7) is 0. The third kappa shape index (κ3) is 1.78. The van der Waals surface area contributed by atoms with E-state index in [4.69, 9.17) is 1.43 Å². The van der Waals surface area contributed by atoms with Crippen LogP contribution in [0, 0.1) is 0 Å². The lowest BCUT2D eigenvalue weighted by atomic mass is 10.1. The van der Waals surface area contributed by atoms with Gasteiger partial charge in [-0.3, -0.25) is 0 Å². The normalized spacial score (nSPS) is 13.4. The molecule has 0 saturated carbocycles. The van der Waals surface area contributed by atoms with Crippen LogP contribution in [0.4, 0.5) is 0 Å². The number of aliphatic hydroxyl groups excluding tert-OH is 1. The second-order valence-electron chi connectivity index (χ2n) is 2.13. The number of carbonyl (C=O) groups is 1. The van der Waals surface area contributed by atoms with E-state index in [1.165, 1.54) is 0 Å². The van der Waals surface area contributed by atoms with Gasteiger partial charge in [-0.1, -0.05) is 30.3 Å². The molecule has 3 heteroatoms. The fourth-order valence-electron chi connectivity index (χ4n) is 0.771. The quantitative estimate of drug-likeness (QED) is 0.660.